The predicted molar refractivity (Wildman–Crippen MR) is 339 cm³/mol. The minimum Gasteiger partial charge on any atom is -0.756 e. The van der Waals surface area contributed by atoms with Crippen LogP contribution in [0, 0.1) is 0 Å². The van der Waals surface area contributed by atoms with Gasteiger partial charge in [-0.2, -0.15) is 0 Å². The molecule has 79 heavy (non-hydrogen) atoms. The molecule has 0 aromatic heterocycles. The molecule has 0 bridgehead atoms. The van der Waals surface area contributed by atoms with Gasteiger partial charge < -0.3 is 28.5 Å². The predicted octanol–water partition coefficient (Wildman–Crippen LogP) is 19.3. The molecule has 10 heteroatoms. The summed E-state index contributed by atoms with van der Waals surface area (Å²) in [6.45, 7) is 6.64. The molecule has 0 aliphatic heterocycles. The molecule has 0 aliphatic rings. The fourth-order valence-electron chi connectivity index (χ4n) is 8.47. The fraction of sp³-hybridized carbons (Fsp3) is 0.681. The number of phosphoric ester groups is 1. The van der Waals surface area contributed by atoms with Crippen molar-refractivity contribution in [2.24, 2.45) is 0 Å². The van der Waals surface area contributed by atoms with Gasteiger partial charge in [0.25, 0.3) is 7.82 Å². The number of ether oxygens (including phenoxy) is 1. The van der Waals surface area contributed by atoms with E-state index in [1.807, 2.05) is 33.3 Å². The highest BCUT2D eigenvalue weighted by Gasteiger charge is 2.27. The van der Waals surface area contributed by atoms with Gasteiger partial charge in [0.05, 0.1) is 33.8 Å². The third kappa shape index (κ3) is 58.9. The second kappa shape index (κ2) is 57.6. The van der Waals surface area contributed by atoms with Crippen LogP contribution in [0.4, 0.5) is 0 Å². The minimum absolute atomic E-state index is 0.0387. The highest BCUT2D eigenvalue weighted by atomic mass is 31.2. The SMILES string of the molecule is CC/C=C\C/C=C\C/C=C\C/C=C\C/C=C\C/C=C\CCCCC(=O)NC(COP(=O)([O-])OCC[N+](C)(C)C)C(/C=C/CCCCCCCCCCC)OC(=O)CCCCCCCCCC/C=C\C/C=C\C/C=C\CCCCC. The van der Waals surface area contributed by atoms with Crippen LogP contribution in [-0.4, -0.2) is 69.4 Å². The van der Waals surface area contributed by atoms with Crippen molar-refractivity contribution in [3.05, 3.63) is 122 Å². The molecule has 452 valence electrons. The van der Waals surface area contributed by atoms with Crippen molar-refractivity contribution in [1.82, 2.24) is 5.32 Å². The fourth-order valence-corrected chi connectivity index (χ4v) is 9.19. The number of allylic oxidation sites excluding steroid dienone is 19. The standard InChI is InChI=1S/C69H119N2O7P/c1-7-10-13-16-19-22-25-27-29-31-33-35-37-39-41-43-46-49-52-55-58-61-68(72)70-66(65-77-79(74,75)76-64-63-71(4,5)6)67(60-57-54-51-48-45-24-21-18-15-12-9-3)78-69(73)62-59-56-53-50-47-44-42-40-38-36-34-32-30-28-26-23-20-17-14-11-8-2/h10,13,19-20,22-23,27-30,33-36,39,41,46,49,57,60,66-67H,7-9,11-12,14-18,21,24-26,31-32,37-38,40,42-45,47-48,50-56,58-59,61-65H2,1-6H3,(H-,70,72,74,75)/b13-10-,22-19-,23-20-,29-27-,30-28-,35-33-,36-34-,41-39-,49-46-,60-57+. The van der Waals surface area contributed by atoms with Crippen molar-refractivity contribution in [2.45, 2.75) is 264 Å². The van der Waals surface area contributed by atoms with Crippen LogP contribution in [-0.2, 0) is 27.9 Å². The summed E-state index contributed by atoms with van der Waals surface area (Å²) in [6.07, 6.45) is 80.3. The first kappa shape index (κ1) is 75.4. The summed E-state index contributed by atoms with van der Waals surface area (Å²) >= 11 is 0. The maximum Gasteiger partial charge on any atom is 0.306 e. The van der Waals surface area contributed by atoms with Crippen molar-refractivity contribution < 1.29 is 37.3 Å². The van der Waals surface area contributed by atoms with Gasteiger partial charge in [0.2, 0.25) is 5.91 Å². The van der Waals surface area contributed by atoms with Crippen LogP contribution in [0.5, 0.6) is 0 Å². The van der Waals surface area contributed by atoms with Crippen molar-refractivity contribution in [3.8, 4) is 0 Å². The third-order valence-corrected chi connectivity index (χ3v) is 14.3. The average Bonchev–Trinajstić information content (AvgIpc) is 3.41. The molecule has 3 atom stereocenters. The lowest BCUT2D eigenvalue weighted by molar-refractivity contribution is -0.870. The van der Waals surface area contributed by atoms with E-state index in [1.54, 1.807) is 0 Å². The number of amides is 1. The lowest BCUT2D eigenvalue weighted by Crippen LogP contribution is -2.47. The molecule has 0 heterocycles. The summed E-state index contributed by atoms with van der Waals surface area (Å²) in [5, 5.41) is 3.00. The molecule has 1 amide bonds. The van der Waals surface area contributed by atoms with E-state index < -0.39 is 26.6 Å². The topological polar surface area (TPSA) is 114 Å². The number of hydrogen-bond donors (Lipinski definition) is 1. The summed E-state index contributed by atoms with van der Waals surface area (Å²) in [5.41, 5.74) is 0. The van der Waals surface area contributed by atoms with Gasteiger partial charge >= 0.3 is 5.97 Å². The largest absolute Gasteiger partial charge is 0.756 e. The first-order valence-corrected chi connectivity index (χ1v) is 33.3. The van der Waals surface area contributed by atoms with E-state index in [2.05, 4.69) is 135 Å². The number of unbranched alkanes of at least 4 members (excludes halogenated alkanes) is 22. The number of rotatable bonds is 56. The number of esters is 1. The Morgan fingerprint density at radius 1 is 0.456 bits per heavy atom. The molecule has 0 saturated carbocycles. The third-order valence-electron chi connectivity index (χ3n) is 13.4. The van der Waals surface area contributed by atoms with Gasteiger partial charge in [0.15, 0.2) is 0 Å². The van der Waals surface area contributed by atoms with Gasteiger partial charge in [0, 0.05) is 12.8 Å². The highest BCUT2D eigenvalue weighted by Crippen LogP contribution is 2.38. The molecule has 0 aromatic carbocycles. The molecule has 0 aliphatic carbocycles. The average molecular weight is 1120 g/mol. The van der Waals surface area contributed by atoms with Gasteiger partial charge in [-0.15, -0.1) is 0 Å². The molecule has 9 nitrogen and oxygen atoms in total. The molecule has 0 rings (SSSR count). The molecule has 0 radical (unpaired) electrons. The van der Waals surface area contributed by atoms with E-state index in [0.29, 0.717) is 23.9 Å². The Morgan fingerprint density at radius 2 is 0.810 bits per heavy atom. The van der Waals surface area contributed by atoms with Crippen LogP contribution in [0.2, 0.25) is 0 Å². The van der Waals surface area contributed by atoms with Crippen LogP contribution in [0.3, 0.4) is 0 Å². The Morgan fingerprint density at radius 3 is 1.25 bits per heavy atom. The van der Waals surface area contributed by atoms with Gasteiger partial charge in [-0.1, -0.05) is 239 Å². The van der Waals surface area contributed by atoms with Gasteiger partial charge in [0.1, 0.15) is 19.3 Å². The zero-order valence-electron chi connectivity index (χ0n) is 51.5. The molecule has 0 spiro atoms. The number of nitrogens with zero attached hydrogens (tertiary/aromatic N) is 1. The number of phosphoric acid groups is 1. The molecular formula is C69H119N2O7P. The van der Waals surface area contributed by atoms with Crippen LogP contribution < -0.4 is 10.2 Å². The Balaban J connectivity index is 5.29. The number of hydrogen-bond acceptors (Lipinski definition) is 7. The summed E-state index contributed by atoms with van der Waals surface area (Å²) in [6, 6.07) is -0.923. The van der Waals surface area contributed by atoms with Crippen molar-refractivity contribution in [3.63, 3.8) is 0 Å². The number of nitrogens with one attached hydrogen (secondary N) is 1. The Hall–Kier alpha value is -3.59. The monoisotopic (exact) mass is 1120 g/mol. The summed E-state index contributed by atoms with van der Waals surface area (Å²) in [5.74, 6) is -0.608. The lowest BCUT2D eigenvalue weighted by atomic mass is 10.1. The number of likely N-dealkylation sites (N-methyl/N-ethyl adjacent to an activating group) is 1. The zero-order valence-corrected chi connectivity index (χ0v) is 52.4. The molecule has 3 unspecified atom stereocenters. The summed E-state index contributed by atoms with van der Waals surface area (Å²) in [4.78, 5) is 40.0. The first-order valence-electron chi connectivity index (χ1n) is 31.8. The maximum absolute atomic E-state index is 13.5. The minimum atomic E-state index is -4.72. The van der Waals surface area contributed by atoms with E-state index in [1.165, 1.54) is 96.3 Å². The molecule has 0 aromatic rings. The second-order valence-electron chi connectivity index (χ2n) is 22.2. The normalized spacial score (nSPS) is 14.5. The maximum atomic E-state index is 13.5. The zero-order chi connectivity index (χ0) is 57.9. The van der Waals surface area contributed by atoms with Crippen LogP contribution >= 0.6 is 7.82 Å². The summed E-state index contributed by atoms with van der Waals surface area (Å²) in [7, 11) is 1.13. The van der Waals surface area contributed by atoms with Crippen molar-refractivity contribution >= 4 is 19.7 Å². The van der Waals surface area contributed by atoms with Gasteiger partial charge in [-0.25, -0.2) is 0 Å². The number of carbonyl (C=O) groups excluding carboxylic acids is 2. The molecule has 0 saturated heterocycles. The number of quaternary nitrogens is 1. The molecular weight excluding hydrogens is 1000 g/mol. The summed E-state index contributed by atoms with van der Waals surface area (Å²) < 4.78 is 30.3. The van der Waals surface area contributed by atoms with E-state index >= 15 is 0 Å². The van der Waals surface area contributed by atoms with Crippen molar-refractivity contribution in [1.29, 1.82) is 0 Å². The highest BCUT2D eigenvalue weighted by molar-refractivity contribution is 7.45. The second-order valence-corrected chi connectivity index (χ2v) is 23.6. The smallest absolute Gasteiger partial charge is 0.306 e. The van der Waals surface area contributed by atoms with E-state index in [4.69, 9.17) is 13.8 Å². The first-order chi connectivity index (χ1) is 38.4. The Kier molecular flexibility index (Phi) is 55.0. The van der Waals surface area contributed by atoms with Gasteiger partial charge in [-0.05, 0) is 122 Å². The van der Waals surface area contributed by atoms with E-state index in [-0.39, 0.29) is 31.3 Å². The van der Waals surface area contributed by atoms with Crippen LogP contribution in [0.15, 0.2) is 122 Å². The Labute approximate surface area is 486 Å². The lowest BCUT2D eigenvalue weighted by Gasteiger charge is -2.30. The number of carbonyl (C=O) groups is 2. The van der Waals surface area contributed by atoms with E-state index in [0.717, 1.165) is 109 Å². The van der Waals surface area contributed by atoms with Gasteiger partial charge in [-0.3, -0.25) is 14.2 Å². The van der Waals surface area contributed by atoms with Crippen LogP contribution in [0.1, 0.15) is 252 Å². The molecule has 1 N–H and O–H groups in total. The molecule has 0 fully saturated rings. The van der Waals surface area contributed by atoms with E-state index in [9.17, 15) is 19.0 Å². The van der Waals surface area contributed by atoms with Crippen LogP contribution in [0.25, 0.3) is 0 Å². The van der Waals surface area contributed by atoms with Crippen molar-refractivity contribution in [2.75, 3.05) is 40.9 Å². The Bertz CT molecular complexity index is 1770. The quantitative estimate of drug-likeness (QED) is 0.0212.